The summed E-state index contributed by atoms with van der Waals surface area (Å²) in [5.41, 5.74) is 11.9. The Hall–Kier alpha value is -2.04. The average Bonchev–Trinajstić information content (AvgIpc) is 3.76. The molecule has 24 heteroatoms. The molecule has 2 saturated heterocycles. The minimum atomic E-state index is -4.40. The average molecular weight is 708 g/mol. The van der Waals surface area contributed by atoms with Crippen molar-refractivity contribution in [2.45, 2.75) is 73.5 Å². The highest BCUT2D eigenvalue weighted by Crippen LogP contribution is 2.46. The molecule has 0 bridgehead atoms. The van der Waals surface area contributed by atoms with Crippen molar-refractivity contribution in [3.8, 4) is 0 Å². The van der Waals surface area contributed by atoms with Gasteiger partial charge in [-0.25, -0.2) is 20.0 Å². The highest BCUT2D eigenvalue weighted by Gasteiger charge is 2.53. The lowest BCUT2D eigenvalue weighted by Gasteiger charge is -2.35. The third kappa shape index (κ3) is 6.45. The van der Waals surface area contributed by atoms with Gasteiger partial charge in [0.1, 0.15) is 86.4 Å². The molecule has 246 valence electrons. The number of amidine groups is 2. The number of aliphatic hydroxyl groups excluding tert-OH is 2. The molecule has 0 spiro atoms. The normalized spacial score (nSPS) is 41.7. The Kier molecular flexibility index (Phi) is 9.66. The van der Waals surface area contributed by atoms with Crippen LogP contribution in [-0.2, 0) is 56.4 Å². The van der Waals surface area contributed by atoms with Gasteiger partial charge < -0.3 is 71.9 Å². The molecular formula is C21H29N10O10P2S2-. The second-order valence-electron chi connectivity index (χ2n) is 10.4. The van der Waals surface area contributed by atoms with E-state index < -0.39 is 101 Å². The van der Waals surface area contributed by atoms with E-state index in [0.717, 1.165) is 0 Å². The van der Waals surface area contributed by atoms with Crippen LogP contribution < -0.4 is 16.4 Å². The Balaban J connectivity index is 1.11. The number of aliphatic hydroxyl groups is 2. The summed E-state index contributed by atoms with van der Waals surface area (Å²) in [5, 5.41) is 22.2. The number of methoxy groups -OCH3 is 1. The number of ether oxygens (including phenoxy) is 3. The number of hydrogen-bond donors (Lipinski definition) is 4. The first-order valence-electron chi connectivity index (χ1n) is 13.4. The summed E-state index contributed by atoms with van der Waals surface area (Å²) in [6.07, 6.45) is -5.02. The summed E-state index contributed by atoms with van der Waals surface area (Å²) in [4.78, 5) is 41.6. The summed E-state index contributed by atoms with van der Waals surface area (Å²) in [6.45, 7) is -5.28. The Morgan fingerprint density at radius 1 is 0.978 bits per heavy atom. The molecule has 2 fully saturated rings. The van der Waals surface area contributed by atoms with Crippen LogP contribution in [0, 0.1) is 0 Å². The summed E-state index contributed by atoms with van der Waals surface area (Å²) < 4.78 is 45.1. The smallest absolute Gasteiger partial charge is 0.372 e. The van der Waals surface area contributed by atoms with Crippen molar-refractivity contribution in [3.05, 3.63) is 0 Å². The van der Waals surface area contributed by atoms with Crippen LogP contribution in [0.4, 0.5) is 0 Å². The van der Waals surface area contributed by atoms with Crippen LogP contribution in [0.1, 0.15) is 0 Å². The van der Waals surface area contributed by atoms with Gasteiger partial charge in [0.05, 0.1) is 19.3 Å². The molecular weight excluding hydrogens is 678 g/mol. The molecule has 0 aromatic rings. The molecule has 6 N–H and O–H groups in total. The lowest BCUT2D eigenvalue weighted by molar-refractivity contribution is -0.218. The van der Waals surface area contributed by atoms with E-state index in [9.17, 15) is 19.7 Å². The van der Waals surface area contributed by atoms with Gasteiger partial charge >= 0.3 is 7.23 Å². The fourth-order valence-corrected chi connectivity index (χ4v) is 7.55. The third-order valence-electron chi connectivity index (χ3n) is 7.83. The Bertz CT molecular complexity index is 1410. The second kappa shape index (κ2) is 13.2. The van der Waals surface area contributed by atoms with Crippen molar-refractivity contribution in [1.29, 1.82) is 0 Å². The number of nitrogens with two attached hydrogens (primary N) is 2. The highest BCUT2D eigenvalue weighted by atomic mass is 32.7. The molecule has 6 heterocycles. The Morgan fingerprint density at radius 3 is 2.13 bits per heavy atom. The summed E-state index contributed by atoms with van der Waals surface area (Å²) in [6, 6.07) is -1.14. The number of fused-ring (bicyclic) bond motifs is 2. The van der Waals surface area contributed by atoms with Crippen molar-refractivity contribution >= 4 is 75.0 Å². The van der Waals surface area contributed by atoms with Gasteiger partial charge in [0.25, 0.3) is 0 Å². The molecule has 20 nitrogen and oxygen atoms in total. The van der Waals surface area contributed by atoms with Crippen molar-refractivity contribution in [2.24, 2.45) is 41.4 Å². The molecule has 6 aliphatic rings. The van der Waals surface area contributed by atoms with Gasteiger partial charge in [0.2, 0.25) is 0 Å². The monoisotopic (exact) mass is 707 g/mol. The minimum absolute atomic E-state index is 0.219. The molecule has 0 radical (unpaired) electrons. The number of hydrogen-bond acceptors (Lipinski definition) is 22. The van der Waals surface area contributed by atoms with E-state index >= 15 is 0 Å². The third-order valence-corrected chi connectivity index (χ3v) is 10.0. The molecule has 0 saturated carbocycles. The van der Waals surface area contributed by atoms with E-state index in [1.54, 1.807) is 4.90 Å². The van der Waals surface area contributed by atoms with E-state index in [0.29, 0.717) is 0 Å². The zero-order chi connectivity index (χ0) is 32.0. The van der Waals surface area contributed by atoms with Gasteiger partial charge in [-0.3, -0.25) is 9.98 Å². The first kappa shape index (κ1) is 32.9. The lowest BCUT2D eigenvalue weighted by atomic mass is 10.1. The van der Waals surface area contributed by atoms with Crippen LogP contribution in [0.5, 0.6) is 0 Å². The molecule has 0 aliphatic carbocycles. The first-order valence-corrected chi connectivity index (χ1v) is 18.2. The molecule has 45 heavy (non-hydrogen) atoms. The SMILES string of the molecule is COC1C(O)C(COP([O-])(=S)OC2C(CO[P+](=O)[S-])OC(N3C=NC4C(N)=NC=NC43)C2O)OC1N1C=NC2C(N)=NC=NC21. The molecule has 6 aliphatic heterocycles. The van der Waals surface area contributed by atoms with E-state index in [1.165, 1.54) is 37.4 Å². The van der Waals surface area contributed by atoms with Gasteiger partial charge in [-0.05, 0) is 0 Å². The van der Waals surface area contributed by atoms with Crippen molar-refractivity contribution < 1.29 is 47.5 Å². The molecule has 0 aromatic carbocycles. The molecule has 0 aromatic heterocycles. The zero-order valence-corrected chi connectivity index (χ0v) is 26.7. The molecule has 0 amide bonds. The van der Waals surface area contributed by atoms with Crippen molar-refractivity contribution in [3.63, 3.8) is 0 Å². The van der Waals surface area contributed by atoms with Gasteiger partial charge in [-0.1, -0.05) is 16.4 Å². The van der Waals surface area contributed by atoms with E-state index in [-0.39, 0.29) is 11.7 Å². The van der Waals surface area contributed by atoms with Gasteiger partial charge in [-0.2, -0.15) is 4.52 Å². The van der Waals surface area contributed by atoms with Gasteiger partial charge in [-0.15, -0.1) is 0 Å². The van der Waals surface area contributed by atoms with Gasteiger partial charge in [0, 0.05) is 7.11 Å². The van der Waals surface area contributed by atoms with Crippen LogP contribution in [0.2, 0.25) is 0 Å². The number of nitrogens with zero attached hydrogens (tertiary/aromatic N) is 8. The predicted octanol–water partition coefficient (Wildman–Crippen LogP) is -3.74. The maximum atomic E-state index is 13.4. The summed E-state index contributed by atoms with van der Waals surface area (Å²) in [5.74, 6) is 0.492. The Labute approximate surface area is 267 Å². The van der Waals surface area contributed by atoms with E-state index in [4.69, 9.17) is 51.1 Å². The van der Waals surface area contributed by atoms with E-state index in [1.807, 2.05) is 0 Å². The van der Waals surface area contributed by atoms with Crippen LogP contribution in [0.15, 0.2) is 30.0 Å². The van der Waals surface area contributed by atoms with Gasteiger partial charge in [0.15, 0.2) is 24.8 Å². The van der Waals surface area contributed by atoms with Crippen LogP contribution >= 0.6 is 13.9 Å². The quantitative estimate of drug-likeness (QED) is 0.119. The highest BCUT2D eigenvalue weighted by molar-refractivity contribution is 8.25. The fraction of sp³-hybridized carbons (Fsp3) is 0.714. The number of aliphatic imine (C=N–C) groups is 6. The maximum absolute atomic E-state index is 13.4. The Morgan fingerprint density at radius 2 is 1.56 bits per heavy atom. The zero-order valence-electron chi connectivity index (χ0n) is 23.3. The first-order chi connectivity index (χ1) is 21.5. The minimum Gasteiger partial charge on any atom is -0.780 e. The topological polar surface area (TPSA) is 269 Å². The summed E-state index contributed by atoms with van der Waals surface area (Å²) >= 11 is 9.75. The second-order valence-corrected chi connectivity index (χ2v) is 14.7. The van der Waals surface area contributed by atoms with Crippen LogP contribution in [0.25, 0.3) is 0 Å². The molecule has 14 unspecified atom stereocenters. The van der Waals surface area contributed by atoms with Crippen LogP contribution in [0.3, 0.4) is 0 Å². The number of rotatable bonds is 11. The van der Waals surface area contributed by atoms with Crippen molar-refractivity contribution in [2.75, 3.05) is 20.3 Å². The summed E-state index contributed by atoms with van der Waals surface area (Å²) in [7, 11) is -1.07. The standard InChI is InChI=1S/C21H30N10O10P2S2/c1-36-15-12(32)8(39-21(15)31-7-29-11-17(23)25-5-27-19(11)31)3-38-43(35,45)41-14-9(2-37-42(34)44)40-20(13(14)33)30-6-28-10-16(22)24-4-26-18(10)30/h4-15,18-21,32-33H,2-3H2,1H3,(H,35,45)(H2,22,24,26)(H2,23,25,27)/p-1. The maximum Gasteiger partial charge on any atom is 0.372 e. The predicted molar refractivity (Wildman–Crippen MR) is 162 cm³/mol. The molecule has 14 atom stereocenters. The fourth-order valence-electron chi connectivity index (χ4n) is 5.67. The van der Waals surface area contributed by atoms with Crippen molar-refractivity contribution in [1.82, 2.24) is 9.80 Å². The molecule has 6 rings (SSSR count). The lowest BCUT2D eigenvalue weighted by Crippen LogP contribution is -2.51. The largest absolute Gasteiger partial charge is 0.780 e. The van der Waals surface area contributed by atoms with E-state index in [2.05, 4.69) is 42.2 Å². The van der Waals surface area contributed by atoms with Crippen LogP contribution in [-0.4, -0.2) is 151 Å².